The second-order valence-corrected chi connectivity index (χ2v) is 8.64. The van der Waals surface area contributed by atoms with Crippen molar-refractivity contribution in [3.63, 3.8) is 0 Å². The first-order chi connectivity index (χ1) is 14.5. The van der Waals surface area contributed by atoms with E-state index >= 15 is 0 Å². The van der Waals surface area contributed by atoms with Crippen LogP contribution in [0, 0.1) is 24.7 Å². The molecule has 2 aliphatic rings. The maximum absolute atomic E-state index is 12.8. The Morgan fingerprint density at radius 3 is 2.55 bits per heavy atom. The maximum atomic E-state index is 12.8. The summed E-state index contributed by atoms with van der Waals surface area (Å²) in [5.74, 6) is -1.73. The first kappa shape index (κ1) is 23.7. The summed E-state index contributed by atoms with van der Waals surface area (Å²) in [6.07, 6.45) is -4.44. The Kier molecular flexibility index (Phi) is 7.08. The van der Waals surface area contributed by atoms with Gasteiger partial charge in [0.15, 0.2) is 12.1 Å². The predicted molar refractivity (Wildman–Crippen MR) is 111 cm³/mol. The molecule has 3 rings (SSSR count). The van der Waals surface area contributed by atoms with Crippen molar-refractivity contribution < 1.29 is 39.1 Å². The average molecular weight is 455 g/mol. The van der Waals surface area contributed by atoms with E-state index in [4.69, 9.17) is 25.8 Å². The van der Waals surface area contributed by atoms with Crippen LogP contribution in [0.1, 0.15) is 36.2 Å². The monoisotopic (exact) mass is 454 g/mol. The van der Waals surface area contributed by atoms with Gasteiger partial charge in [0.25, 0.3) is 0 Å². The van der Waals surface area contributed by atoms with Crippen LogP contribution in [0.5, 0.6) is 5.75 Å². The molecule has 1 saturated heterocycles. The molecule has 7 atom stereocenters. The van der Waals surface area contributed by atoms with Crippen LogP contribution in [0.15, 0.2) is 24.5 Å². The molecule has 0 radical (unpaired) electrons. The summed E-state index contributed by atoms with van der Waals surface area (Å²) in [5, 5.41) is 29.9. The zero-order valence-corrected chi connectivity index (χ0v) is 18.3. The van der Waals surface area contributed by atoms with Gasteiger partial charge in [-0.2, -0.15) is 0 Å². The van der Waals surface area contributed by atoms with E-state index in [1.807, 2.05) is 0 Å². The number of aliphatic hydroxyl groups is 3. The summed E-state index contributed by atoms with van der Waals surface area (Å²) in [6, 6.07) is 3.13. The van der Waals surface area contributed by atoms with E-state index < -0.39 is 48.3 Å². The minimum atomic E-state index is -1.47. The smallest absolute Gasteiger partial charge is 0.309 e. The zero-order chi connectivity index (χ0) is 23.0. The molecule has 1 aliphatic carbocycles. The van der Waals surface area contributed by atoms with Gasteiger partial charge in [0.2, 0.25) is 0 Å². The van der Waals surface area contributed by atoms with Gasteiger partial charge in [-0.15, -0.1) is 0 Å². The Hall–Kier alpha value is -1.97. The summed E-state index contributed by atoms with van der Waals surface area (Å²) in [4.78, 5) is 25.2. The number of carbonyl (C=O) groups is 2. The van der Waals surface area contributed by atoms with E-state index in [0.29, 0.717) is 34.1 Å². The number of ether oxygens (including phenoxy) is 3. The highest BCUT2D eigenvalue weighted by Gasteiger charge is 2.50. The highest BCUT2D eigenvalue weighted by Crippen LogP contribution is 2.43. The van der Waals surface area contributed by atoms with Crippen LogP contribution in [-0.2, 0) is 14.3 Å². The average Bonchev–Trinajstić information content (AvgIpc) is 3.51. The van der Waals surface area contributed by atoms with Gasteiger partial charge in [-0.25, -0.2) is 0 Å². The van der Waals surface area contributed by atoms with Crippen molar-refractivity contribution >= 4 is 23.4 Å². The molecule has 0 spiro atoms. The Morgan fingerprint density at radius 1 is 1.23 bits per heavy atom. The molecular formula is C22H27ClO8. The lowest BCUT2D eigenvalue weighted by atomic mass is 9.91. The van der Waals surface area contributed by atoms with Crippen molar-refractivity contribution in [3.05, 3.63) is 40.6 Å². The van der Waals surface area contributed by atoms with Gasteiger partial charge in [-0.1, -0.05) is 25.1 Å². The third kappa shape index (κ3) is 5.10. The van der Waals surface area contributed by atoms with Crippen molar-refractivity contribution in [1.82, 2.24) is 0 Å². The fourth-order valence-electron chi connectivity index (χ4n) is 3.60. The fourth-order valence-corrected chi connectivity index (χ4v) is 3.81. The Balaban J connectivity index is 1.59. The van der Waals surface area contributed by atoms with Gasteiger partial charge in [-0.3, -0.25) is 9.59 Å². The molecule has 1 aromatic rings. The Morgan fingerprint density at radius 2 is 1.90 bits per heavy atom. The summed E-state index contributed by atoms with van der Waals surface area (Å²) < 4.78 is 15.9. The third-order valence-electron chi connectivity index (χ3n) is 5.75. The number of carbonyl (C=O) groups excluding carboxylic acids is 2. The second-order valence-electron chi connectivity index (χ2n) is 8.23. The zero-order valence-electron chi connectivity index (χ0n) is 17.6. The van der Waals surface area contributed by atoms with E-state index in [0.717, 1.165) is 0 Å². The summed E-state index contributed by atoms with van der Waals surface area (Å²) in [6.45, 7) is 8.40. The Labute approximate surface area is 185 Å². The number of ketones is 1. The maximum Gasteiger partial charge on any atom is 0.309 e. The molecule has 5 unspecified atom stereocenters. The molecule has 1 heterocycles. The molecule has 31 heavy (non-hydrogen) atoms. The molecule has 1 saturated carbocycles. The molecule has 0 aromatic heterocycles. The second kappa shape index (κ2) is 9.26. The predicted octanol–water partition coefficient (Wildman–Crippen LogP) is 2.00. The van der Waals surface area contributed by atoms with Gasteiger partial charge in [-0.05, 0) is 32.4 Å². The van der Waals surface area contributed by atoms with Crippen molar-refractivity contribution in [3.8, 4) is 5.75 Å². The minimum Gasteiger partial charge on any atom is -0.463 e. The van der Waals surface area contributed by atoms with Gasteiger partial charge >= 0.3 is 5.97 Å². The highest BCUT2D eigenvalue weighted by molar-refractivity contribution is 6.32. The number of rotatable bonds is 7. The van der Waals surface area contributed by atoms with Gasteiger partial charge in [0.05, 0.1) is 17.8 Å². The van der Waals surface area contributed by atoms with E-state index in [2.05, 4.69) is 6.58 Å². The van der Waals surface area contributed by atoms with Crippen molar-refractivity contribution in [1.29, 1.82) is 0 Å². The summed E-state index contributed by atoms with van der Waals surface area (Å²) >= 11 is 6.22. The lowest BCUT2D eigenvalue weighted by molar-refractivity contribution is -0.272. The molecule has 8 nitrogen and oxygen atoms in total. The van der Waals surface area contributed by atoms with Crippen LogP contribution >= 0.6 is 11.6 Å². The number of hydrogen-bond acceptors (Lipinski definition) is 8. The van der Waals surface area contributed by atoms with Crippen molar-refractivity contribution in [2.75, 3.05) is 6.61 Å². The summed E-state index contributed by atoms with van der Waals surface area (Å²) in [7, 11) is 0. The molecule has 1 aromatic carbocycles. The number of aliphatic hydroxyl groups excluding tert-OH is 3. The SMILES string of the molecule is C=C(C)Oc1cc(C(=O)C2CC2C(=O)OCC2O[C@H](O)[C@H](O)C(C)C2O)cc(Cl)c1C. The molecule has 1 aliphatic heterocycles. The lowest BCUT2D eigenvalue weighted by Crippen LogP contribution is -2.54. The van der Waals surface area contributed by atoms with Crippen molar-refractivity contribution in [2.24, 2.45) is 17.8 Å². The van der Waals surface area contributed by atoms with Crippen LogP contribution in [0.3, 0.4) is 0 Å². The number of Topliss-reactive ketones (excluding diaryl/α,β-unsaturated/α-hetero) is 1. The number of hydrogen-bond donors (Lipinski definition) is 3. The van der Waals surface area contributed by atoms with Gasteiger partial charge < -0.3 is 29.5 Å². The standard InChI is InChI=1S/C22H27ClO8/c1-9(2)30-16-6-12(5-15(23)10(16)3)20(26)13-7-14(13)21(27)29-8-17-18(24)11(4)19(25)22(28)31-17/h5-6,11,13-14,17-19,22,24-25,28H,1,7-8H2,2-4H3/t11?,13?,14?,17?,18?,19-,22+/m1/s1. The first-order valence-electron chi connectivity index (χ1n) is 10.0. The van der Waals surface area contributed by atoms with Crippen LogP contribution in [0.4, 0.5) is 0 Å². The number of halogens is 1. The van der Waals surface area contributed by atoms with Crippen LogP contribution in [0.2, 0.25) is 5.02 Å². The minimum absolute atomic E-state index is 0.239. The Bertz CT molecular complexity index is 885. The lowest BCUT2D eigenvalue weighted by Gasteiger charge is -2.38. The molecule has 2 fully saturated rings. The molecule has 170 valence electrons. The quantitative estimate of drug-likeness (QED) is 0.325. The third-order valence-corrected chi connectivity index (χ3v) is 6.14. The normalized spacial score (nSPS) is 32.3. The number of esters is 1. The van der Waals surface area contributed by atoms with Gasteiger partial charge in [0.1, 0.15) is 24.6 Å². The van der Waals surface area contributed by atoms with E-state index in [9.17, 15) is 24.9 Å². The summed E-state index contributed by atoms with van der Waals surface area (Å²) in [5.41, 5.74) is 1.02. The molecule has 0 amide bonds. The largest absolute Gasteiger partial charge is 0.463 e. The van der Waals surface area contributed by atoms with E-state index in [1.54, 1.807) is 32.9 Å². The van der Waals surface area contributed by atoms with E-state index in [1.165, 1.54) is 0 Å². The number of allylic oxidation sites excluding steroid dienone is 1. The van der Waals surface area contributed by atoms with Crippen LogP contribution < -0.4 is 4.74 Å². The van der Waals surface area contributed by atoms with Crippen molar-refractivity contribution in [2.45, 2.75) is 51.8 Å². The number of benzene rings is 1. The molecule has 9 heteroatoms. The van der Waals surface area contributed by atoms with Crippen LogP contribution in [-0.4, -0.2) is 58.3 Å². The van der Waals surface area contributed by atoms with Crippen LogP contribution in [0.25, 0.3) is 0 Å². The van der Waals surface area contributed by atoms with Gasteiger partial charge in [0, 0.05) is 28.0 Å². The molecule has 0 bridgehead atoms. The first-order valence-corrected chi connectivity index (χ1v) is 10.4. The topological polar surface area (TPSA) is 123 Å². The van der Waals surface area contributed by atoms with E-state index in [-0.39, 0.29) is 12.4 Å². The highest BCUT2D eigenvalue weighted by atomic mass is 35.5. The fraction of sp³-hybridized carbons (Fsp3) is 0.545. The molecular weight excluding hydrogens is 428 g/mol. The molecule has 3 N–H and O–H groups in total.